The van der Waals surface area contributed by atoms with Gasteiger partial charge in [0.15, 0.2) is 17.5 Å². The number of aromatic nitrogens is 3. The number of hydrogen-bond acceptors (Lipinski definition) is 4. The van der Waals surface area contributed by atoms with Crippen LogP contribution in [0.3, 0.4) is 0 Å². The van der Waals surface area contributed by atoms with Crippen molar-refractivity contribution in [1.82, 2.24) is 15.0 Å². The van der Waals surface area contributed by atoms with Crippen LogP contribution in [-0.2, 0) is 0 Å². The highest BCUT2D eigenvalue weighted by Crippen LogP contribution is 2.42. The maximum absolute atomic E-state index is 6.93. The number of furan rings is 1. The number of hydrogen-bond donors (Lipinski definition) is 0. The van der Waals surface area contributed by atoms with E-state index in [9.17, 15) is 0 Å². The number of benzene rings is 10. The lowest BCUT2D eigenvalue weighted by molar-refractivity contribution is 0.670. The fraction of sp³-hybridized carbons (Fsp3) is 0. The first kappa shape index (κ1) is 33.2. The minimum Gasteiger partial charge on any atom is -0.455 e. The molecule has 0 bridgehead atoms. The fourth-order valence-electron chi connectivity index (χ4n) is 8.62. The van der Waals surface area contributed by atoms with Crippen molar-refractivity contribution in [3.8, 4) is 56.4 Å². The second-order valence-corrected chi connectivity index (χ2v) is 15.2. The number of nitrogens with zero attached hydrogens (tertiary/aromatic N) is 3. The van der Waals surface area contributed by atoms with Gasteiger partial charge in [0.2, 0.25) is 0 Å². The second kappa shape index (κ2) is 13.3. The third-order valence-electron chi connectivity index (χ3n) is 11.7. The van der Waals surface area contributed by atoms with Crippen LogP contribution in [0.5, 0.6) is 0 Å². The molecule has 59 heavy (non-hydrogen) atoms. The van der Waals surface area contributed by atoms with Crippen LogP contribution in [0.4, 0.5) is 0 Å². The molecule has 4 heteroatoms. The first-order valence-electron chi connectivity index (χ1n) is 19.9. The average Bonchev–Trinajstić information content (AvgIpc) is 3.67. The molecular formula is C55H33N3O. The Morgan fingerprint density at radius 1 is 0.271 bits per heavy atom. The first-order valence-corrected chi connectivity index (χ1v) is 19.9. The van der Waals surface area contributed by atoms with Gasteiger partial charge >= 0.3 is 0 Å². The SMILES string of the molecule is c1ccc2cc(-c3ccc(-c4c5ccccc5cc5c4oc4cc(-c6nc(-c7ccc8ccccc8c7)nc(-c7ccc8ccccc8c7)n6)ccc45)cc3)ccc2c1. The summed E-state index contributed by atoms with van der Waals surface area (Å²) in [5.74, 6) is 1.83. The Hall–Kier alpha value is -7.95. The van der Waals surface area contributed by atoms with E-state index in [0.29, 0.717) is 17.5 Å². The molecule has 4 nitrogen and oxygen atoms in total. The van der Waals surface area contributed by atoms with Crippen molar-refractivity contribution in [3.63, 3.8) is 0 Å². The molecular weight excluding hydrogens is 719 g/mol. The summed E-state index contributed by atoms with van der Waals surface area (Å²) in [5, 5.41) is 11.5. The van der Waals surface area contributed by atoms with E-state index in [4.69, 9.17) is 19.4 Å². The van der Waals surface area contributed by atoms with E-state index in [2.05, 4.69) is 200 Å². The van der Waals surface area contributed by atoms with Gasteiger partial charge in [0, 0.05) is 33.0 Å². The zero-order valence-corrected chi connectivity index (χ0v) is 31.8. The molecule has 0 N–H and O–H groups in total. The molecule has 0 radical (unpaired) electrons. The van der Waals surface area contributed by atoms with Gasteiger partial charge in [-0.3, -0.25) is 0 Å². The van der Waals surface area contributed by atoms with Gasteiger partial charge in [-0.2, -0.15) is 0 Å². The van der Waals surface area contributed by atoms with Crippen molar-refractivity contribution in [2.24, 2.45) is 0 Å². The smallest absolute Gasteiger partial charge is 0.164 e. The molecule has 10 aromatic carbocycles. The molecule has 2 heterocycles. The summed E-state index contributed by atoms with van der Waals surface area (Å²) in [5.41, 5.74) is 8.92. The highest BCUT2D eigenvalue weighted by molar-refractivity contribution is 6.18. The summed E-state index contributed by atoms with van der Waals surface area (Å²) in [6.07, 6.45) is 0. The fourth-order valence-corrected chi connectivity index (χ4v) is 8.62. The van der Waals surface area contributed by atoms with E-state index in [1.165, 1.54) is 32.7 Å². The Kier molecular flexibility index (Phi) is 7.50. The molecule has 0 unspecified atom stereocenters. The van der Waals surface area contributed by atoms with E-state index >= 15 is 0 Å². The third-order valence-corrected chi connectivity index (χ3v) is 11.7. The van der Waals surface area contributed by atoms with Crippen LogP contribution in [0.2, 0.25) is 0 Å². The minimum absolute atomic E-state index is 0.586. The van der Waals surface area contributed by atoms with Crippen molar-refractivity contribution in [3.05, 3.63) is 200 Å². The molecule has 12 rings (SSSR count). The van der Waals surface area contributed by atoms with Gasteiger partial charge in [-0.25, -0.2) is 15.0 Å². The van der Waals surface area contributed by atoms with E-state index in [1.807, 2.05) is 0 Å². The minimum atomic E-state index is 0.586. The Morgan fingerprint density at radius 3 is 1.27 bits per heavy atom. The first-order chi connectivity index (χ1) is 29.2. The van der Waals surface area contributed by atoms with E-state index in [-0.39, 0.29) is 0 Å². The highest BCUT2D eigenvalue weighted by Gasteiger charge is 2.19. The van der Waals surface area contributed by atoms with Crippen LogP contribution in [0, 0.1) is 0 Å². The summed E-state index contributed by atoms with van der Waals surface area (Å²) in [7, 11) is 0. The zero-order chi connectivity index (χ0) is 38.9. The van der Waals surface area contributed by atoms with Crippen LogP contribution in [0.1, 0.15) is 0 Å². The quantitative estimate of drug-likeness (QED) is 0.176. The third kappa shape index (κ3) is 5.73. The zero-order valence-electron chi connectivity index (χ0n) is 31.8. The van der Waals surface area contributed by atoms with Crippen molar-refractivity contribution in [2.75, 3.05) is 0 Å². The van der Waals surface area contributed by atoms with Crippen molar-refractivity contribution in [2.45, 2.75) is 0 Å². The van der Waals surface area contributed by atoms with Crippen LogP contribution in [-0.4, -0.2) is 15.0 Å². The van der Waals surface area contributed by atoms with Crippen LogP contribution in [0.15, 0.2) is 205 Å². The maximum Gasteiger partial charge on any atom is 0.164 e. The van der Waals surface area contributed by atoms with Crippen LogP contribution >= 0.6 is 0 Å². The van der Waals surface area contributed by atoms with Gasteiger partial charge in [-0.15, -0.1) is 0 Å². The Morgan fingerprint density at radius 2 is 0.695 bits per heavy atom. The molecule has 0 atom stereocenters. The van der Waals surface area contributed by atoms with Gasteiger partial charge in [0.25, 0.3) is 0 Å². The van der Waals surface area contributed by atoms with Crippen molar-refractivity contribution in [1.29, 1.82) is 0 Å². The van der Waals surface area contributed by atoms with Gasteiger partial charge in [0.1, 0.15) is 11.2 Å². The maximum atomic E-state index is 6.93. The Balaban J connectivity index is 1.01. The molecule has 0 saturated heterocycles. The average molecular weight is 752 g/mol. The summed E-state index contributed by atoms with van der Waals surface area (Å²) in [4.78, 5) is 15.3. The second-order valence-electron chi connectivity index (χ2n) is 15.2. The van der Waals surface area contributed by atoms with E-state index in [0.717, 1.165) is 71.3 Å². The van der Waals surface area contributed by atoms with Gasteiger partial charge in [-0.05, 0) is 96.2 Å². The Bertz CT molecular complexity index is 3520. The molecule has 2 aromatic heterocycles. The summed E-state index contributed by atoms with van der Waals surface area (Å²) in [6, 6.07) is 70.7. The molecule has 0 amide bonds. The van der Waals surface area contributed by atoms with Crippen molar-refractivity contribution < 1.29 is 4.42 Å². The Labute approximate surface area is 339 Å². The monoisotopic (exact) mass is 751 g/mol. The molecule has 0 aliphatic rings. The number of rotatable bonds is 5. The van der Waals surface area contributed by atoms with Crippen LogP contribution < -0.4 is 0 Å². The molecule has 0 saturated carbocycles. The van der Waals surface area contributed by atoms with Gasteiger partial charge < -0.3 is 4.42 Å². The van der Waals surface area contributed by atoms with Crippen molar-refractivity contribution >= 4 is 65.0 Å². The van der Waals surface area contributed by atoms with E-state index in [1.54, 1.807) is 0 Å². The predicted octanol–water partition coefficient (Wildman–Crippen LogP) is 14.7. The topological polar surface area (TPSA) is 51.8 Å². The summed E-state index contributed by atoms with van der Waals surface area (Å²) in [6.45, 7) is 0. The molecule has 12 aromatic rings. The largest absolute Gasteiger partial charge is 0.455 e. The molecule has 0 spiro atoms. The summed E-state index contributed by atoms with van der Waals surface area (Å²) < 4.78 is 6.93. The highest BCUT2D eigenvalue weighted by atomic mass is 16.3. The normalized spacial score (nSPS) is 11.7. The molecule has 0 aliphatic heterocycles. The summed E-state index contributed by atoms with van der Waals surface area (Å²) >= 11 is 0. The number of fused-ring (bicyclic) bond motifs is 7. The lowest BCUT2D eigenvalue weighted by Gasteiger charge is -2.10. The molecule has 0 fully saturated rings. The van der Waals surface area contributed by atoms with Gasteiger partial charge in [-0.1, -0.05) is 164 Å². The molecule has 0 aliphatic carbocycles. The lowest BCUT2D eigenvalue weighted by Crippen LogP contribution is -2.00. The standard InChI is InChI=1S/C55H33N3O/c1-4-12-39-29-42(24-19-34(39)9-1)37-17-22-38(23-18-37)51-47-16-8-7-15-43(47)32-49-48-28-27-46(33-50(48)59-52(49)51)55-57-53(44-25-20-35-10-2-5-13-40(35)30-44)56-54(58-55)45-26-21-36-11-3-6-14-41(36)31-45/h1-33H. The van der Waals surface area contributed by atoms with Crippen LogP contribution in [0.25, 0.3) is 121 Å². The van der Waals surface area contributed by atoms with Gasteiger partial charge in [0.05, 0.1) is 0 Å². The van der Waals surface area contributed by atoms with E-state index < -0.39 is 0 Å². The predicted molar refractivity (Wildman–Crippen MR) is 244 cm³/mol. The molecule has 274 valence electrons. The lowest BCUT2D eigenvalue weighted by atomic mass is 9.93.